The Bertz CT molecular complexity index is 1260. The maximum Gasteiger partial charge on any atom is 0.294 e. The van der Waals surface area contributed by atoms with Gasteiger partial charge in [-0.05, 0) is 41.4 Å². The van der Waals surface area contributed by atoms with E-state index in [-0.39, 0.29) is 21.8 Å². The number of amidine groups is 1. The van der Waals surface area contributed by atoms with E-state index in [0.717, 1.165) is 34.0 Å². The molecule has 3 aromatic rings. The summed E-state index contributed by atoms with van der Waals surface area (Å²) in [6.45, 7) is 3.81. The molecule has 0 radical (unpaired) electrons. The molecule has 0 atom stereocenters. The van der Waals surface area contributed by atoms with Gasteiger partial charge in [0.1, 0.15) is 4.21 Å². The van der Waals surface area contributed by atoms with Crippen molar-refractivity contribution in [3.63, 3.8) is 0 Å². The van der Waals surface area contributed by atoms with Crippen LogP contribution in [-0.2, 0) is 14.8 Å². The van der Waals surface area contributed by atoms with Gasteiger partial charge in [0.25, 0.3) is 15.9 Å². The first-order chi connectivity index (χ1) is 14.0. The molecule has 146 valence electrons. The summed E-state index contributed by atoms with van der Waals surface area (Å²) in [4.78, 5) is 19.0. The average Bonchev–Trinajstić information content (AvgIpc) is 3.34. The zero-order chi connectivity index (χ0) is 20.4. The predicted molar refractivity (Wildman–Crippen MR) is 118 cm³/mol. The van der Waals surface area contributed by atoms with Crippen molar-refractivity contribution in [3.05, 3.63) is 77.2 Å². The van der Waals surface area contributed by atoms with Crippen LogP contribution >= 0.6 is 23.1 Å². The van der Waals surface area contributed by atoms with Gasteiger partial charge in [-0.15, -0.1) is 22.3 Å². The molecule has 2 aromatic heterocycles. The number of rotatable bonds is 5. The number of thioether (sulfide) groups is 1. The van der Waals surface area contributed by atoms with E-state index < -0.39 is 10.0 Å². The minimum atomic E-state index is -3.89. The van der Waals surface area contributed by atoms with Gasteiger partial charge in [-0.1, -0.05) is 36.4 Å². The van der Waals surface area contributed by atoms with Gasteiger partial charge >= 0.3 is 0 Å². The maximum absolute atomic E-state index is 12.8. The van der Waals surface area contributed by atoms with Gasteiger partial charge in [-0.25, -0.2) is 4.98 Å². The van der Waals surface area contributed by atoms with Crippen molar-refractivity contribution < 1.29 is 13.2 Å². The summed E-state index contributed by atoms with van der Waals surface area (Å²) in [7, 11) is -3.89. The van der Waals surface area contributed by atoms with E-state index in [4.69, 9.17) is 0 Å². The fourth-order valence-corrected chi connectivity index (χ4v) is 5.86. The maximum atomic E-state index is 12.8. The van der Waals surface area contributed by atoms with E-state index in [1.165, 1.54) is 17.0 Å². The largest absolute Gasteiger partial charge is 0.294 e. The Morgan fingerprint density at radius 1 is 1.14 bits per heavy atom. The van der Waals surface area contributed by atoms with Crippen molar-refractivity contribution in [2.75, 3.05) is 6.54 Å². The number of amides is 1. The Hall–Kier alpha value is -2.75. The fourth-order valence-electron chi connectivity index (χ4n) is 2.72. The van der Waals surface area contributed by atoms with Gasteiger partial charge in [0.2, 0.25) is 0 Å². The zero-order valence-electron chi connectivity index (χ0n) is 15.1. The second-order valence-corrected chi connectivity index (χ2v) is 9.81. The van der Waals surface area contributed by atoms with Crippen LogP contribution in [0.1, 0.15) is 5.69 Å². The number of nitrogens with zero attached hydrogens (tertiary/aromatic N) is 3. The van der Waals surface area contributed by atoms with Gasteiger partial charge in [-0.2, -0.15) is 8.42 Å². The summed E-state index contributed by atoms with van der Waals surface area (Å²) in [5, 5.41) is 2.77. The summed E-state index contributed by atoms with van der Waals surface area (Å²) in [5.41, 5.74) is 1.43. The zero-order valence-corrected chi connectivity index (χ0v) is 17.5. The Morgan fingerprint density at radius 3 is 2.72 bits per heavy atom. The molecular weight excluding hydrogens is 426 g/mol. The molecule has 0 unspecified atom stereocenters. The number of pyridine rings is 1. The van der Waals surface area contributed by atoms with E-state index in [0.29, 0.717) is 10.6 Å². The topological polar surface area (TPSA) is 79.7 Å². The summed E-state index contributed by atoms with van der Waals surface area (Å²) in [6.07, 6.45) is 3.18. The van der Waals surface area contributed by atoms with Crippen LogP contribution in [0, 0.1) is 0 Å². The first-order valence-corrected chi connectivity index (χ1v) is 11.7. The number of thiophene rings is 1. The summed E-state index contributed by atoms with van der Waals surface area (Å²) >= 11 is 2.10. The van der Waals surface area contributed by atoms with E-state index in [2.05, 4.69) is 16.0 Å². The van der Waals surface area contributed by atoms with Gasteiger partial charge in [0, 0.05) is 11.9 Å². The van der Waals surface area contributed by atoms with Crippen molar-refractivity contribution in [3.8, 4) is 0 Å². The van der Waals surface area contributed by atoms with E-state index in [9.17, 15) is 13.2 Å². The standard InChI is InChI=1S/C20H15N3O3S3/c1-2-11-23-19(24)17(13-15-10-9-14-6-3-4-7-16(14)21-15)28-20(23)22-29(25,26)18-8-5-12-27-18/h2-10,12-13H,1,11H2/b17-13-,22-20-. The molecule has 6 nitrogen and oxygen atoms in total. The van der Waals surface area contributed by atoms with Crippen LogP contribution in [0.25, 0.3) is 17.0 Å². The lowest BCUT2D eigenvalue weighted by Crippen LogP contribution is -2.29. The molecule has 1 aromatic carbocycles. The number of hydrogen-bond acceptors (Lipinski definition) is 6. The lowest BCUT2D eigenvalue weighted by molar-refractivity contribution is -0.121. The second kappa shape index (κ2) is 7.94. The van der Waals surface area contributed by atoms with Crippen LogP contribution in [-0.4, -0.2) is 35.9 Å². The number of aromatic nitrogens is 1. The molecule has 3 heterocycles. The molecule has 4 rings (SSSR count). The van der Waals surface area contributed by atoms with Crippen LogP contribution in [0.2, 0.25) is 0 Å². The number of fused-ring (bicyclic) bond motifs is 1. The predicted octanol–water partition coefficient (Wildman–Crippen LogP) is 4.14. The van der Waals surface area contributed by atoms with Crippen molar-refractivity contribution in [2.45, 2.75) is 4.21 Å². The molecule has 0 aliphatic carbocycles. The van der Waals surface area contributed by atoms with Crippen LogP contribution < -0.4 is 0 Å². The first kappa shape index (κ1) is 19.6. The lowest BCUT2D eigenvalue weighted by atomic mass is 10.2. The smallest absolute Gasteiger partial charge is 0.282 e. The molecule has 0 N–H and O–H groups in total. The molecule has 1 saturated heterocycles. The summed E-state index contributed by atoms with van der Waals surface area (Å²) in [5.74, 6) is -0.329. The van der Waals surface area contributed by atoms with Crippen molar-refractivity contribution in [1.29, 1.82) is 0 Å². The monoisotopic (exact) mass is 441 g/mol. The number of para-hydroxylation sites is 1. The molecule has 1 aliphatic rings. The Morgan fingerprint density at radius 2 is 1.97 bits per heavy atom. The van der Waals surface area contributed by atoms with Crippen molar-refractivity contribution >= 4 is 61.2 Å². The minimum Gasteiger partial charge on any atom is -0.282 e. The Balaban J connectivity index is 1.72. The van der Waals surface area contributed by atoms with Gasteiger partial charge in [0.05, 0.1) is 16.1 Å². The van der Waals surface area contributed by atoms with Crippen molar-refractivity contribution in [2.24, 2.45) is 4.40 Å². The van der Waals surface area contributed by atoms with Crippen molar-refractivity contribution in [1.82, 2.24) is 9.88 Å². The van der Waals surface area contributed by atoms with Gasteiger partial charge in [-0.3, -0.25) is 9.69 Å². The Labute approximate surface area is 176 Å². The molecule has 1 amide bonds. The van der Waals surface area contributed by atoms with E-state index in [1.54, 1.807) is 17.5 Å². The molecule has 1 aliphatic heterocycles. The summed E-state index contributed by atoms with van der Waals surface area (Å²) < 4.78 is 29.1. The highest BCUT2D eigenvalue weighted by Gasteiger charge is 2.34. The third-order valence-electron chi connectivity index (χ3n) is 4.05. The van der Waals surface area contributed by atoms with Gasteiger partial charge in [0.15, 0.2) is 5.17 Å². The highest BCUT2D eigenvalue weighted by molar-refractivity contribution is 8.19. The number of carbonyl (C=O) groups is 1. The minimum absolute atomic E-state index is 0.107. The van der Waals surface area contributed by atoms with E-state index in [1.807, 2.05) is 36.4 Å². The third-order valence-corrected chi connectivity index (χ3v) is 7.81. The molecule has 9 heteroatoms. The molecule has 0 bridgehead atoms. The average molecular weight is 442 g/mol. The fraction of sp³-hybridized carbons (Fsp3) is 0.0500. The number of hydrogen-bond donors (Lipinski definition) is 0. The quantitative estimate of drug-likeness (QED) is 0.439. The van der Waals surface area contributed by atoms with E-state index >= 15 is 0 Å². The molecule has 0 saturated carbocycles. The highest BCUT2D eigenvalue weighted by atomic mass is 32.2. The number of carbonyl (C=O) groups excluding carboxylic acids is 1. The molecule has 29 heavy (non-hydrogen) atoms. The molecule has 0 spiro atoms. The van der Waals surface area contributed by atoms with Gasteiger partial charge < -0.3 is 0 Å². The SMILES string of the molecule is C=CCN1C(=O)/C(=C/c2ccc3ccccc3n2)S/C1=N\S(=O)(=O)c1cccs1. The normalized spacial score (nSPS) is 17.5. The first-order valence-electron chi connectivity index (χ1n) is 8.54. The van der Waals surface area contributed by atoms with Crippen LogP contribution in [0.5, 0.6) is 0 Å². The van der Waals surface area contributed by atoms with Crippen LogP contribution in [0.15, 0.2) is 80.1 Å². The molecule has 1 fully saturated rings. The van der Waals surface area contributed by atoms with Crippen LogP contribution in [0.4, 0.5) is 0 Å². The third kappa shape index (κ3) is 4.02. The van der Waals surface area contributed by atoms with Crippen LogP contribution in [0.3, 0.4) is 0 Å². The second-order valence-electron chi connectivity index (χ2n) is 6.02. The lowest BCUT2D eigenvalue weighted by Gasteiger charge is -2.12. The highest BCUT2D eigenvalue weighted by Crippen LogP contribution is 2.34. The molecular formula is C20H15N3O3S3. The number of benzene rings is 1. The summed E-state index contributed by atoms with van der Waals surface area (Å²) in [6, 6.07) is 14.6. The number of sulfonamides is 1. The Kier molecular flexibility index (Phi) is 5.35.